The molecule has 1 aliphatic heterocycles. The van der Waals surface area contributed by atoms with Crippen molar-refractivity contribution in [1.29, 1.82) is 0 Å². The number of carbonyl (C=O) groups excluding carboxylic acids is 12. The van der Waals surface area contributed by atoms with Crippen molar-refractivity contribution in [2.45, 2.75) is 223 Å². The van der Waals surface area contributed by atoms with Crippen LogP contribution in [0.25, 0.3) is 0 Å². The Labute approximate surface area is 630 Å². The molecule has 14 atom stereocenters. The maximum absolute atomic E-state index is 14.7. The van der Waals surface area contributed by atoms with Crippen LogP contribution in [0.2, 0.25) is 0 Å². The number of nitrogens with two attached hydrogens (primary N) is 4. The number of carboxylic acid groups (broad SMARTS) is 3. The number of aliphatic hydroxyl groups excluding tert-OH is 3. The molecular formula is C67H110N16O22S2. The number of aliphatic hydroxyl groups is 3. The van der Waals surface area contributed by atoms with Gasteiger partial charge in [0.1, 0.15) is 67.0 Å². The first kappa shape index (κ1) is 94.1. The summed E-state index contributed by atoms with van der Waals surface area (Å²) in [6, 6.07) is -12.6. The lowest BCUT2D eigenvalue weighted by Crippen LogP contribution is -2.62. The van der Waals surface area contributed by atoms with Crippen LogP contribution >= 0.6 is 24.4 Å². The molecule has 602 valence electrons. The summed E-state index contributed by atoms with van der Waals surface area (Å²) in [6.07, 6.45) is -5.49. The average molecular weight is 1560 g/mol. The Kier molecular flexibility index (Phi) is 41.3. The number of hydrogen-bond acceptors (Lipinski definition) is 24. The molecule has 0 aliphatic carbocycles. The van der Waals surface area contributed by atoms with E-state index in [4.69, 9.17) is 27.7 Å². The predicted octanol–water partition coefficient (Wildman–Crippen LogP) is -4.97. The number of rotatable bonds is 48. The molecule has 0 unspecified atom stereocenters. The molecular weight excluding hydrogens is 1440 g/mol. The van der Waals surface area contributed by atoms with Gasteiger partial charge in [-0.3, -0.25) is 67.3 Å². The molecule has 1 aromatic carbocycles. The topological polar surface area (TPSA) is 627 Å². The van der Waals surface area contributed by atoms with Gasteiger partial charge in [-0.25, -0.2) is 9.59 Å². The van der Waals surface area contributed by atoms with Crippen molar-refractivity contribution in [3.05, 3.63) is 35.4 Å². The summed E-state index contributed by atoms with van der Waals surface area (Å²) in [6.45, 7) is 13.4. The van der Waals surface area contributed by atoms with Crippen molar-refractivity contribution in [2.75, 3.05) is 50.1 Å². The van der Waals surface area contributed by atoms with Crippen LogP contribution in [-0.2, 0) is 77.3 Å². The molecule has 40 heteroatoms. The third-order valence-electron chi connectivity index (χ3n) is 16.7. The highest BCUT2D eigenvalue weighted by atomic mass is 32.2. The fraction of sp³-hybridized carbons (Fsp3) is 0.672. The summed E-state index contributed by atoms with van der Waals surface area (Å²) in [5.74, 6) is -18.6. The zero-order chi connectivity index (χ0) is 81.2. The van der Waals surface area contributed by atoms with E-state index in [1.54, 1.807) is 52.0 Å². The van der Waals surface area contributed by atoms with E-state index >= 15 is 0 Å². The molecule has 2 rings (SSSR count). The van der Waals surface area contributed by atoms with Crippen LogP contribution in [-0.4, -0.2) is 265 Å². The van der Waals surface area contributed by atoms with Crippen molar-refractivity contribution >= 4 is 119 Å². The Morgan fingerprint density at radius 2 is 1.12 bits per heavy atom. The summed E-state index contributed by atoms with van der Waals surface area (Å²) < 4.78 is 5.48. The molecule has 0 bridgehead atoms. The second kappa shape index (κ2) is 47.0. The quantitative estimate of drug-likeness (QED) is 0.00955. The van der Waals surface area contributed by atoms with Crippen LogP contribution in [0.4, 0.5) is 0 Å². The van der Waals surface area contributed by atoms with Crippen LogP contribution in [0.3, 0.4) is 0 Å². The van der Waals surface area contributed by atoms with E-state index in [2.05, 4.69) is 70.8 Å². The molecule has 0 aromatic heterocycles. The minimum absolute atomic E-state index is 0.00573. The molecule has 107 heavy (non-hydrogen) atoms. The molecule has 38 nitrogen and oxygen atoms in total. The number of ether oxygens (including phenoxy) is 1. The number of thiol groups is 1. The number of guanidine groups is 1. The number of amides is 11. The van der Waals surface area contributed by atoms with Crippen LogP contribution in [0.15, 0.2) is 29.3 Å². The summed E-state index contributed by atoms with van der Waals surface area (Å²) in [7, 11) is 0. The van der Waals surface area contributed by atoms with E-state index in [1.165, 1.54) is 0 Å². The van der Waals surface area contributed by atoms with Gasteiger partial charge in [-0.05, 0) is 113 Å². The normalized spacial score (nSPS) is 16.5. The number of thioether (sulfide) groups is 1. The fourth-order valence-electron chi connectivity index (χ4n) is 10.6. The number of likely N-dealkylation sites (tertiary alicyclic amines) is 1. The maximum atomic E-state index is 14.7. The molecule has 0 saturated carbocycles. The van der Waals surface area contributed by atoms with E-state index in [-0.39, 0.29) is 106 Å². The highest BCUT2D eigenvalue weighted by molar-refractivity contribution is 7.99. The number of nitrogens with zero attached hydrogens (tertiary/aromatic N) is 2. The standard InChI is InChI=1S/C67H110N16O22S2/c1-33(2)28-42(76-59(97)46(32-107-27-26-105-65(104)37-17-19-38(20-18-37)67(7,8)9)80-58(96)45(31-106)79-56(94)43(29-49(89)90)77-61(99)50(69)34(3)4)55(93)78-44(30-84)57(95)75-41(15-12-24-72-66(70)71)63(101)83-25-13-16-47(83)60(98)81-51(35(5)85)62(100)74-40(21-22-48(87)88)53(91)73-39(14-10-11-23-68)54(92)82-52(36(6)86)64(102)103/h17-20,33-36,39-47,50-52,84-86,106H,10-16,21-32,68-69H2,1-9H3,(H,73,91)(H,74,100)(H,75,95)(H,76,97)(H,77,99)(H,78,93)(H,79,94)(H,80,96)(H,81,98)(H,82,92)(H,87,88)(H,89,90)(H,102,103)(H4,70,71,72)/t35-,36-,39+,40+,41+,42+,43+,44+,45+,46+,47+,50+,51+,52+/m1/s1. The van der Waals surface area contributed by atoms with E-state index in [0.29, 0.717) is 6.42 Å². The van der Waals surface area contributed by atoms with Gasteiger partial charge in [-0.15, -0.1) is 0 Å². The fourth-order valence-corrected chi connectivity index (χ4v) is 11.7. The number of carbonyl (C=O) groups is 15. The number of nitrogens with one attached hydrogen (secondary N) is 10. The van der Waals surface area contributed by atoms with Gasteiger partial charge in [0.15, 0.2) is 12.0 Å². The van der Waals surface area contributed by atoms with Crippen LogP contribution < -0.4 is 76.1 Å². The average Bonchev–Trinajstić information content (AvgIpc) is 1.74. The first-order chi connectivity index (χ1) is 50.1. The Balaban J connectivity index is 2.51. The molecule has 0 spiro atoms. The lowest BCUT2D eigenvalue weighted by molar-refractivity contribution is -0.145. The zero-order valence-electron chi connectivity index (χ0n) is 61.8. The number of esters is 1. The van der Waals surface area contributed by atoms with Crippen LogP contribution in [0.5, 0.6) is 0 Å². The number of aliphatic carboxylic acids is 3. The van der Waals surface area contributed by atoms with Crippen molar-refractivity contribution < 1.29 is 107 Å². The summed E-state index contributed by atoms with van der Waals surface area (Å²) in [5.41, 5.74) is 23.7. The second-order valence-electron chi connectivity index (χ2n) is 27.5. The van der Waals surface area contributed by atoms with Crippen LogP contribution in [0.1, 0.15) is 149 Å². The van der Waals surface area contributed by atoms with Crippen LogP contribution in [0, 0.1) is 11.8 Å². The molecule has 24 N–H and O–H groups in total. The Morgan fingerprint density at radius 3 is 1.66 bits per heavy atom. The van der Waals surface area contributed by atoms with Crippen molar-refractivity contribution in [3.8, 4) is 0 Å². The van der Waals surface area contributed by atoms with Gasteiger partial charge in [-0.2, -0.15) is 24.4 Å². The molecule has 1 aliphatic rings. The molecule has 1 saturated heterocycles. The predicted molar refractivity (Wildman–Crippen MR) is 393 cm³/mol. The van der Waals surface area contributed by atoms with Gasteiger partial charge < -0.3 is 116 Å². The lowest BCUT2D eigenvalue weighted by atomic mass is 9.87. The second-order valence-corrected chi connectivity index (χ2v) is 29.1. The monoisotopic (exact) mass is 1550 g/mol. The Hall–Kier alpha value is -8.96. The van der Waals surface area contributed by atoms with Gasteiger partial charge in [0.25, 0.3) is 0 Å². The molecule has 1 fully saturated rings. The lowest BCUT2D eigenvalue weighted by Gasteiger charge is -2.31. The van der Waals surface area contributed by atoms with Crippen molar-refractivity contribution in [1.82, 2.24) is 58.1 Å². The van der Waals surface area contributed by atoms with E-state index in [1.807, 2.05) is 20.8 Å². The Bertz CT molecular complexity index is 3230. The first-order valence-corrected chi connectivity index (χ1v) is 36.8. The number of unbranched alkanes of at least 4 members (excludes halogenated alkanes) is 1. The number of carboxylic acids is 3. The number of benzene rings is 1. The zero-order valence-corrected chi connectivity index (χ0v) is 63.5. The summed E-state index contributed by atoms with van der Waals surface area (Å²) >= 11 is 5.23. The number of aliphatic imine (C=N–C) groups is 1. The highest BCUT2D eigenvalue weighted by Gasteiger charge is 2.42. The van der Waals surface area contributed by atoms with E-state index in [0.717, 1.165) is 36.1 Å². The van der Waals surface area contributed by atoms with Gasteiger partial charge in [0, 0.05) is 36.8 Å². The van der Waals surface area contributed by atoms with E-state index < -0.39 is 211 Å². The van der Waals surface area contributed by atoms with Gasteiger partial charge >= 0.3 is 23.9 Å². The summed E-state index contributed by atoms with van der Waals surface area (Å²) in [5, 5.41) is 84.1. The van der Waals surface area contributed by atoms with Crippen molar-refractivity contribution in [2.24, 2.45) is 39.8 Å². The van der Waals surface area contributed by atoms with Crippen molar-refractivity contribution in [3.63, 3.8) is 0 Å². The SMILES string of the molecule is CC(C)C[C@H](NC(=O)[C@H](CSCCOC(=O)c1ccc(C(C)(C)C)cc1)NC(=O)[C@H](CS)NC(=O)[C@H](CC(=O)O)NC(=O)[C@@H](N)C(C)C)C(=O)N[C@@H](CO)C(=O)N[C@@H](CCCN=C(N)N)C(=O)N1CCC[C@H]1C(=O)N[C@H](C(=O)N[C@@H](CCC(=O)O)C(=O)N[C@@H](CCCCN)C(=O)N[C@H](C(=O)O)[C@@H](C)O)[C@@H](C)O. The summed E-state index contributed by atoms with van der Waals surface area (Å²) in [4.78, 5) is 207. The molecule has 1 aromatic rings. The maximum Gasteiger partial charge on any atom is 0.338 e. The largest absolute Gasteiger partial charge is 0.481 e. The van der Waals surface area contributed by atoms with Gasteiger partial charge in [-0.1, -0.05) is 60.6 Å². The van der Waals surface area contributed by atoms with Gasteiger partial charge in [0.2, 0.25) is 65.0 Å². The highest BCUT2D eigenvalue weighted by Crippen LogP contribution is 2.24. The minimum Gasteiger partial charge on any atom is -0.481 e. The van der Waals surface area contributed by atoms with E-state index in [9.17, 15) is 103 Å². The third-order valence-corrected chi connectivity index (χ3v) is 18.1. The molecule has 11 amide bonds. The van der Waals surface area contributed by atoms with Gasteiger partial charge in [0.05, 0.1) is 36.8 Å². The molecule has 1 heterocycles. The Morgan fingerprint density at radius 1 is 0.617 bits per heavy atom. The molecule has 0 radical (unpaired) electrons. The third kappa shape index (κ3) is 33.4. The first-order valence-electron chi connectivity index (χ1n) is 35.0. The number of hydrogen-bond donors (Lipinski definition) is 21. The smallest absolute Gasteiger partial charge is 0.338 e. The minimum atomic E-state index is -1.91.